The van der Waals surface area contributed by atoms with Gasteiger partial charge in [0.25, 0.3) is 0 Å². The second-order valence-electron chi connectivity index (χ2n) is 5.57. The zero-order valence-corrected chi connectivity index (χ0v) is 12.0. The summed E-state index contributed by atoms with van der Waals surface area (Å²) in [6.45, 7) is 3.67. The lowest BCUT2D eigenvalue weighted by atomic mass is 10.2. The number of nitrogens with one attached hydrogen (secondary N) is 1. The smallest absolute Gasteiger partial charge is 0.0949 e. The molecule has 1 aliphatic heterocycles. The van der Waals surface area contributed by atoms with Crippen molar-refractivity contribution in [1.29, 1.82) is 0 Å². The molecule has 4 heterocycles. The van der Waals surface area contributed by atoms with E-state index < -0.39 is 0 Å². The van der Waals surface area contributed by atoms with Crippen molar-refractivity contribution in [2.45, 2.75) is 26.2 Å². The highest BCUT2D eigenvalue weighted by Crippen LogP contribution is 2.27. The number of H-pyrrole nitrogens is 1. The Hall–Kier alpha value is -2.34. The summed E-state index contributed by atoms with van der Waals surface area (Å²) in [6, 6.07) is 4.18. The maximum Gasteiger partial charge on any atom is 0.0949 e. The van der Waals surface area contributed by atoms with Gasteiger partial charge in [-0.1, -0.05) is 0 Å². The minimum atomic E-state index is 0.791. The highest BCUT2D eigenvalue weighted by Gasteiger charge is 2.26. The molecule has 0 bridgehead atoms. The molecule has 0 saturated heterocycles. The SMILES string of the molecule is Cn1nc(Cn2ccnc2)c2c1CN(Cc1ccc[nH]1)C2. The summed E-state index contributed by atoms with van der Waals surface area (Å²) in [5, 5.41) is 4.67. The molecule has 21 heavy (non-hydrogen) atoms. The second-order valence-corrected chi connectivity index (χ2v) is 5.57. The highest BCUT2D eigenvalue weighted by atomic mass is 15.3. The first-order valence-electron chi connectivity index (χ1n) is 7.13. The normalized spacial score (nSPS) is 14.7. The quantitative estimate of drug-likeness (QED) is 0.789. The fraction of sp³-hybridized carbons (Fsp3) is 0.333. The Balaban J connectivity index is 1.55. The lowest BCUT2D eigenvalue weighted by Gasteiger charge is -2.14. The van der Waals surface area contributed by atoms with Crippen LogP contribution in [0.3, 0.4) is 0 Å². The summed E-state index contributed by atoms with van der Waals surface area (Å²) in [5.74, 6) is 0. The maximum atomic E-state index is 4.67. The molecular weight excluding hydrogens is 264 g/mol. The van der Waals surface area contributed by atoms with E-state index in [4.69, 9.17) is 0 Å². The van der Waals surface area contributed by atoms with E-state index in [1.54, 1.807) is 6.20 Å². The van der Waals surface area contributed by atoms with E-state index in [0.717, 1.165) is 31.9 Å². The van der Waals surface area contributed by atoms with Crippen LogP contribution in [0, 0.1) is 0 Å². The summed E-state index contributed by atoms with van der Waals surface area (Å²) in [5.41, 5.74) is 5.11. The fourth-order valence-electron chi connectivity index (χ4n) is 3.03. The summed E-state index contributed by atoms with van der Waals surface area (Å²) >= 11 is 0. The van der Waals surface area contributed by atoms with E-state index in [-0.39, 0.29) is 0 Å². The molecule has 0 atom stereocenters. The number of hydrogen-bond acceptors (Lipinski definition) is 3. The first-order valence-corrected chi connectivity index (χ1v) is 7.13. The molecule has 0 aromatic carbocycles. The maximum absolute atomic E-state index is 4.67. The zero-order chi connectivity index (χ0) is 14.2. The van der Waals surface area contributed by atoms with Gasteiger partial charge < -0.3 is 9.55 Å². The number of aromatic amines is 1. The van der Waals surface area contributed by atoms with Gasteiger partial charge in [0.05, 0.1) is 24.3 Å². The first kappa shape index (κ1) is 12.4. The second kappa shape index (κ2) is 4.89. The third kappa shape index (κ3) is 2.27. The molecule has 108 valence electrons. The summed E-state index contributed by atoms with van der Waals surface area (Å²) in [7, 11) is 2.04. The highest BCUT2D eigenvalue weighted by molar-refractivity contribution is 5.30. The predicted molar refractivity (Wildman–Crippen MR) is 78.3 cm³/mol. The molecule has 0 unspecified atom stereocenters. The monoisotopic (exact) mass is 282 g/mol. The van der Waals surface area contributed by atoms with Crippen LogP contribution in [-0.2, 0) is 33.2 Å². The van der Waals surface area contributed by atoms with Gasteiger partial charge in [0, 0.05) is 56.5 Å². The summed E-state index contributed by atoms with van der Waals surface area (Å²) in [6.07, 6.45) is 7.60. The minimum Gasteiger partial charge on any atom is -0.364 e. The largest absolute Gasteiger partial charge is 0.364 e. The van der Waals surface area contributed by atoms with Crippen LogP contribution in [0.5, 0.6) is 0 Å². The number of nitrogens with zero attached hydrogens (tertiary/aromatic N) is 5. The van der Waals surface area contributed by atoms with Crippen LogP contribution >= 0.6 is 0 Å². The Bertz CT molecular complexity index is 723. The lowest BCUT2D eigenvalue weighted by molar-refractivity contribution is 0.265. The Morgan fingerprint density at radius 3 is 3.00 bits per heavy atom. The molecule has 0 spiro atoms. The number of hydrogen-bond donors (Lipinski definition) is 1. The van der Waals surface area contributed by atoms with E-state index in [0.29, 0.717) is 0 Å². The molecule has 6 nitrogen and oxygen atoms in total. The average Bonchev–Trinajstić information content (AvgIpc) is 3.20. The van der Waals surface area contributed by atoms with Crippen molar-refractivity contribution in [3.05, 3.63) is 59.7 Å². The van der Waals surface area contributed by atoms with Crippen LogP contribution in [0.15, 0.2) is 37.1 Å². The molecule has 0 amide bonds. The van der Waals surface area contributed by atoms with Gasteiger partial charge in [-0.3, -0.25) is 9.58 Å². The molecule has 0 fully saturated rings. The predicted octanol–water partition coefficient (Wildman–Crippen LogP) is 1.51. The molecule has 3 aromatic rings. The van der Waals surface area contributed by atoms with Gasteiger partial charge in [0.1, 0.15) is 0 Å². The minimum absolute atomic E-state index is 0.791. The Morgan fingerprint density at radius 2 is 2.24 bits per heavy atom. The van der Waals surface area contributed by atoms with E-state index in [2.05, 4.69) is 30.6 Å². The van der Waals surface area contributed by atoms with Gasteiger partial charge in [-0.2, -0.15) is 5.10 Å². The fourth-order valence-corrected chi connectivity index (χ4v) is 3.03. The first-order chi connectivity index (χ1) is 10.3. The third-order valence-electron chi connectivity index (χ3n) is 4.06. The van der Waals surface area contributed by atoms with Gasteiger partial charge in [-0.25, -0.2) is 4.98 Å². The van der Waals surface area contributed by atoms with E-state index in [1.165, 1.54) is 17.0 Å². The van der Waals surface area contributed by atoms with E-state index in [9.17, 15) is 0 Å². The molecule has 0 saturated carbocycles. The van der Waals surface area contributed by atoms with Crippen molar-refractivity contribution < 1.29 is 0 Å². The van der Waals surface area contributed by atoms with Crippen molar-refractivity contribution in [2.24, 2.45) is 7.05 Å². The van der Waals surface area contributed by atoms with Crippen molar-refractivity contribution in [3.63, 3.8) is 0 Å². The lowest BCUT2D eigenvalue weighted by Crippen LogP contribution is -2.18. The number of aromatic nitrogens is 5. The Kier molecular flexibility index (Phi) is 2.89. The summed E-state index contributed by atoms with van der Waals surface area (Å²) in [4.78, 5) is 9.81. The molecule has 0 radical (unpaired) electrons. The van der Waals surface area contributed by atoms with Gasteiger partial charge in [-0.05, 0) is 12.1 Å². The Morgan fingerprint density at radius 1 is 1.29 bits per heavy atom. The summed E-state index contributed by atoms with van der Waals surface area (Å²) < 4.78 is 4.09. The van der Waals surface area contributed by atoms with Crippen molar-refractivity contribution in [1.82, 2.24) is 29.2 Å². The van der Waals surface area contributed by atoms with Gasteiger partial charge in [-0.15, -0.1) is 0 Å². The topological polar surface area (TPSA) is 54.7 Å². The van der Waals surface area contributed by atoms with Crippen LogP contribution in [0.4, 0.5) is 0 Å². The third-order valence-corrected chi connectivity index (χ3v) is 4.06. The Labute approximate surface area is 123 Å². The van der Waals surface area contributed by atoms with Crippen LogP contribution in [0.25, 0.3) is 0 Å². The number of imidazole rings is 1. The van der Waals surface area contributed by atoms with Crippen LogP contribution in [0.2, 0.25) is 0 Å². The van der Waals surface area contributed by atoms with Gasteiger partial charge in [0.2, 0.25) is 0 Å². The number of rotatable bonds is 4. The molecule has 3 aromatic heterocycles. The van der Waals surface area contributed by atoms with Gasteiger partial charge >= 0.3 is 0 Å². The molecule has 4 rings (SSSR count). The molecule has 6 heteroatoms. The molecule has 0 aliphatic carbocycles. The van der Waals surface area contributed by atoms with Crippen molar-refractivity contribution in [3.8, 4) is 0 Å². The van der Waals surface area contributed by atoms with Crippen LogP contribution < -0.4 is 0 Å². The van der Waals surface area contributed by atoms with E-state index >= 15 is 0 Å². The van der Waals surface area contributed by atoms with Gasteiger partial charge in [0.15, 0.2) is 0 Å². The number of aryl methyl sites for hydroxylation is 1. The zero-order valence-electron chi connectivity index (χ0n) is 12.0. The molecule has 1 N–H and O–H groups in total. The average molecular weight is 282 g/mol. The van der Waals surface area contributed by atoms with Crippen LogP contribution in [0.1, 0.15) is 22.6 Å². The standard InChI is InChI=1S/C15H18N6/c1-19-15-10-21(7-12-3-2-4-17-12)8-13(15)14(18-19)9-20-6-5-16-11-20/h2-6,11,17H,7-10H2,1H3. The molecule has 1 aliphatic rings. The van der Waals surface area contributed by atoms with Crippen molar-refractivity contribution >= 4 is 0 Å². The van der Waals surface area contributed by atoms with E-state index in [1.807, 2.05) is 36.5 Å². The number of fused-ring (bicyclic) bond motifs is 1. The van der Waals surface area contributed by atoms with Crippen molar-refractivity contribution in [2.75, 3.05) is 0 Å². The van der Waals surface area contributed by atoms with Crippen LogP contribution in [-0.4, -0.2) is 29.2 Å². The molecular formula is C15H18N6.